The Balaban J connectivity index is 1.91. The molecular formula is C16H18F2N2O. The van der Waals surface area contributed by atoms with Crippen molar-refractivity contribution in [2.24, 2.45) is 0 Å². The van der Waals surface area contributed by atoms with Crippen LogP contribution < -0.4 is 10.1 Å². The third kappa shape index (κ3) is 4.79. The standard InChI is InChI=1S/C16H18F2N2O/c1-11(2)19-8-14-5-6-15(9-20-14)21-10-12-3-4-13(17)7-16(12)18/h3-7,9,11,19H,8,10H2,1-2H3. The summed E-state index contributed by atoms with van der Waals surface area (Å²) < 4.78 is 31.7. The number of rotatable bonds is 6. The number of pyridine rings is 1. The molecule has 2 aromatic rings. The van der Waals surface area contributed by atoms with E-state index in [0.29, 0.717) is 23.9 Å². The minimum Gasteiger partial charge on any atom is -0.487 e. The van der Waals surface area contributed by atoms with E-state index in [1.165, 1.54) is 12.1 Å². The molecule has 1 aromatic heterocycles. The van der Waals surface area contributed by atoms with Crippen molar-refractivity contribution in [3.63, 3.8) is 0 Å². The van der Waals surface area contributed by atoms with Gasteiger partial charge in [-0.05, 0) is 24.3 Å². The molecule has 0 radical (unpaired) electrons. The van der Waals surface area contributed by atoms with Gasteiger partial charge in [-0.25, -0.2) is 8.78 Å². The molecule has 0 aliphatic rings. The molecule has 0 saturated heterocycles. The summed E-state index contributed by atoms with van der Waals surface area (Å²) in [5.74, 6) is -0.660. The van der Waals surface area contributed by atoms with Crippen LogP contribution in [0.3, 0.4) is 0 Å². The predicted octanol–water partition coefficient (Wildman–Crippen LogP) is 3.44. The molecule has 1 N–H and O–H groups in total. The first-order valence-electron chi connectivity index (χ1n) is 6.79. The van der Waals surface area contributed by atoms with Crippen LogP contribution in [0.25, 0.3) is 0 Å². The van der Waals surface area contributed by atoms with E-state index in [9.17, 15) is 8.78 Å². The van der Waals surface area contributed by atoms with Crippen LogP contribution in [0.2, 0.25) is 0 Å². The molecule has 1 aromatic carbocycles. The smallest absolute Gasteiger partial charge is 0.138 e. The Morgan fingerprint density at radius 2 is 2.00 bits per heavy atom. The summed E-state index contributed by atoms with van der Waals surface area (Å²) in [5.41, 5.74) is 1.21. The van der Waals surface area contributed by atoms with Gasteiger partial charge in [0.15, 0.2) is 0 Å². The van der Waals surface area contributed by atoms with Crippen LogP contribution in [0.1, 0.15) is 25.1 Å². The molecule has 1 heterocycles. The molecule has 3 nitrogen and oxygen atoms in total. The largest absolute Gasteiger partial charge is 0.487 e. The van der Waals surface area contributed by atoms with Crippen LogP contribution in [0.15, 0.2) is 36.5 Å². The fourth-order valence-electron chi connectivity index (χ4n) is 1.71. The van der Waals surface area contributed by atoms with Gasteiger partial charge in [0, 0.05) is 24.2 Å². The SMILES string of the molecule is CC(C)NCc1ccc(OCc2ccc(F)cc2F)cn1. The van der Waals surface area contributed by atoms with Crippen molar-refractivity contribution in [3.05, 3.63) is 59.4 Å². The van der Waals surface area contributed by atoms with Crippen LogP contribution in [-0.4, -0.2) is 11.0 Å². The Kier molecular flexibility index (Phi) is 5.22. The van der Waals surface area contributed by atoms with E-state index in [0.717, 1.165) is 11.8 Å². The molecule has 0 amide bonds. The quantitative estimate of drug-likeness (QED) is 0.885. The fourth-order valence-corrected chi connectivity index (χ4v) is 1.71. The summed E-state index contributed by atoms with van der Waals surface area (Å²) in [5, 5.41) is 3.26. The van der Waals surface area contributed by atoms with Gasteiger partial charge in [0.25, 0.3) is 0 Å². The van der Waals surface area contributed by atoms with E-state index < -0.39 is 11.6 Å². The van der Waals surface area contributed by atoms with E-state index >= 15 is 0 Å². The van der Waals surface area contributed by atoms with Crippen molar-refractivity contribution in [1.29, 1.82) is 0 Å². The fraction of sp³-hybridized carbons (Fsp3) is 0.312. The lowest BCUT2D eigenvalue weighted by Crippen LogP contribution is -2.22. The molecule has 2 rings (SSSR count). The van der Waals surface area contributed by atoms with Gasteiger partial charge in [-0.15, -0.1) is 0 Å². The molecule has 0 atom stereocenters. The molecule has 5 heteroatoms. The zero-order chi connectivity index (χ0) is 15.2. The number of hydrogen-bond donors (Lipinski definition) is 1. The topological polar surface area (TPSA) is 34.1 Å². The van der Waals surface area contributed by atoms with Crippen molar-refractivity contribution >= 4 is 0 Å². The Hall–Kier alpha value is -2.01. The van der Waals surface area contributed by atoms with E-state index in [4.69, 9.17) is 4.74 Å². The molecule has 0 bridgehead atoms. The zero-order valence-corrected chi connectivity index (χ0v) is 12.1. The number of hydrogen-bond acceptors (Lipinski definition) is 3. The number of benzene rings is 1. The molecule has 21 heavy (non-hydrogen) atoms. The second kappa shape index (κ2) is 7.13. The summed E-state index contributed by atoms with van der Waals surface area (Å²) >= 11 is 0. The summed E-state index contributed by atoms with van der Waals surface area (Å²) in [6.45, 7) is 4.85. The van der Waals surface area contributed by atoms with Gasteiger partial charge in [0.05, 0.1) is 11.9 Å². The monoisotopic (exact) mass is 292 g/mol. The average Bonchev–Trinajstić information content (AvgIpc) is 2.45. The number of nitrogens with zero attached hydrogens (tertiary/aromatic N) is 1. The lowest BCUT2D eigenvalue weighted by molar-refractivity contribution is 0.298. The summed E-state index contributed by atoms with van der Waals surface area (Å²) in [7, 11) is 0. The molecule has 0 aliphatic carbocycles. The molecule has 0 fully saturated rings. The number of nitrogens with one attached hydrogen (secondary N) is 1. The van der Waals surface area contributed by atoms with Crippen molar-refractivity contribution < 1.29 is 13.5 Å². The second-order valence-electron chi connectivity index (χ2n) is 5.05. The third-order valence-electron chi connectivity index (χ3n) is 2.90. The summed E-state index contributed by atoms with van der Waals surface area (Å²) in [4.78, 5) is 4.26. The second-order valence-corrected chi connectivity index (χ2v) is 5.05. The summed E-state index contributed by atoms with van der Waals surface area (Å²) in [6, 6.07) is 7.46. The highest BCUT2D eigenvalue weighted by Gasteiger charge is 2.05. The van der Waals surface area contributed by atoms with E-state index in [1.807, 2.05) is 6.07 Å². The first-order chi connectivity index (χ1) is 10.0. The lowest BCUT2D eigenvalue weighted by Gasteiger charge is -2.09. The first-order valence-corrected chi connectivity index (χ1v) is 6.79. The van der Waals surface area contributed by atoms with Gasteiger partial charge < -0.3 is 10.1 Å². The highest BCUT2D eigenvalue weighted by molar-refractivity contribution is 5.22. The zero-order valence-electron chi connectivity index (χ0n) is 12.1. The maximum Gasteiger partial charge on any atom is 0.138 e. The Morgan fingerprint density at radius 3 is 2.62 bits per heavy atom. The average molecular weight is 292 g/mol. The van der Waals surface area contributed by atoms with E-state index in [1.54, 1.807) is 12.3 Å². The van der Waals surface area contributed by atoms with Gasteiger partial charge in [0.2, 0.25) is 0 Å². The van der Waals surface area contributed by atoms with Gasteiger partial charge in [-0.2, -0.15) is 0 Å². The van der Waals surface area contributed by atoms with Crippen molar-refractivity contribution in [3.8, 4) is 5.75 Å². The van der Waals surface area contributed by atoms with Gasteiger partial charge >= 0.3 is 0 Å². The van der Waals surface area contributed by atoms with Gasteiger partial charge in [0.1, 0.15) is 24.0 Å². The van der Waals surface area contributed by atoms with Crippen LogP contribution in [-0.2, 0) is 13.2 Å². The molecule has 112 valence electrons. The van der Waals surface area contributed by atoms with Crippen LogP contribution in [0, 0.1) is 11.6 Å². The number of ether oxygens (including phenoxy) is 1. The maximum absolute atomic E-state index is 13.4. The highest BCUT2D eigenvalue weighted by atomic mass is 19.1. The Bertz CT molecular complexity index is 585. The lowest BCUT2D eigenvalue weighted by atomic mass is 10.2. The van der Waals surface area contributed by atoms with E-state index in [-0.39, 0.29) is 6.61 Å². The number of aromatic nitrogens is 1. The molecule has 0 aliphatic heterocycles. The summed E-state index contributed by atoms with van der Waals surface area (Å²) in [6.07, 6.45) is 1.60. The molecule has 0 unspecified atom stereocenters. The highest BCUT2D eigenvalue weighted by Crippen LogP contribution is 2.15. The van der Waals surface area contributed by atoms with E-state index in [2.05, 4.69) is 24.1 Å². The van der Waals surface area contributed by atoms with Crippen molar-refractivity contribution in [2.75, 3.05) is 0 Å². The van der Waals surface area contributed by atoms with Crippen LogP contribution in [0.5, 0.6) is 5.75 Å². The van der Waals surface area contributed by atoms with Crippen LogP contribution >= 0.6 is 0 Å². The van der Waals surface area contributed by atoms with Crippen molar-refractivity contribution in [1.82, 2.24) is 10.3 Å². The predicted molar refractivity (Wildman–Crippen MR) is 76.9 cm³/mol. The number of halogens is 2. The normalized spacial score (nSPS) is 10.9. The molecular weight excluding hydrogens is 274 g/mol. The maximum atomic E-state index is 13.4. The first kappa shape index (κ1) is 15.4. The van der Waals surface area contributed by atoms with Gasteiger partial charge in [-0.3, -0.25) is 4.98 Å². The van der Waals surface area contributed by atoms with Crippen LogP contribution in [0.4, 0.5) is 8.78 Å². The van der Waals surface area contributed by atoms with Crippen molar-refractivity contribution in [2.45, 2.75) is 33.0 Å². The molecule has 0 spiro atoms. The Labute approximate surface area is 123 Å². The van der Waals surface area contributed by atoms with Gasteiger partial charge in [-0.1, -0.05) is 13.8 Å². The Morgan fingerprint density at radius 1 is 1.19 bits per heavy atom. The third-order valence-corrected chi connectivity index (χ3v) is 2.90. The minimum atomic E-state index is -0.610. The molecule has 0 saturated carbocycles. The minimum absolute atomic E-state index is 0.0391.